The smallest absolute Gasteiger partial charge is 0.252 e. The number of sulfonamides is 1. The minimum atomic E-state index is -3.58. The molecule has 7 nitrogen and oxygen atoms in total. The van der Waals surface area contributed by atoms with E-state index in [-0.39, 0.29) is 22.6 Å². The normalized spacial score (nSPS) is 17.9. The molecule has 2 heterocycles. The molecule has 0 aliphatic carbocycles. The first kappa shape index (κ1) is 20.8. The number of carbonyl (C=O) groups excluding carboxylic acids is 2. The van der Waals surface area contributed by atoms with Gasteiger partial charge in [-0.25, -0.2) is 8.42 Å². The number of benzene rings is 1. The van der Waals surface area contributed by atoms with Gasteiger partial charge in [0.25, 0.3) is 10.0 Å². The number of anilines is 2. The fourth-order valence-electron chi connectivity index (χ4n) is 3.04. The zero-order valence-electron chi connectivity index (χ0n) is 15.1. The highest BCUT2D eigenvalue weighted by Gasteiger charge is 2.34. The maximum Gasteiger partial charge on any atom is 0.252 e. The van der Waals surface area contributed by atoms with E-state index >= 15 is 0 Å². The number of amides is 2. The van der Waals surface area contributed by atoms with Crippen LogP contribution >= 0.6 is 22.9 Å². The van der Waals surface area contributed by atoms with Crippen molar-refractivity contribution in [2.24, 2.45) is 5.92 Å². The van der Waals surface area contributed by atoms with E-state index in [0.717, 1.165) is 0 Å². The average Bonchev–Trinajstić information content (AvgIpc) is 3.19. The highest BCUT2D eigenvalue weighted by molar-refractivity contribution is 7.91. The van der Waals surface area contributed by atoms with Crippen molar-refractivity contribution in [1.82, 2.24) is 4.31 Å². The van der Waals surface area contributed by atoms with Gasteiger partial charge in [0, 0.05) is 25.7 Å². The van der Waals surface area contributed by atoms with Crippen LogP contribution in [0.25, 0.3) is 0 Å². The van der Waals surface area contributed by atoms with Gasteiger partial charge in [0.05, 0.1) is 16.6 Å². The molecule has 0 radical (unpaired) electrons. The number of hydrogen-bond acceptors (Lipinski definition) is 5. The molecule has 1 aromatic heterocycles. The molecule has 1 atom stereocenters. The largest absolute Gasteiger partial charge is 0.326 e. The van der Waals surface area contributed by atoms with Crippen molar-refractivity contribution in [2.45, 2.75) is 24.0 Å². The quantitative estimate of drug-likeness (QED) is 0.743. The van der Waals surface area contributed by atoms with Gasteiger partial charge in [-0.15, -0.1) is 11.3 Å². The number of carbonyl (C=O) groups is 2. The molecule has 1 aliphatic rings. The van der Waals surface area contributed by atoms with Crippen LogP contribution in [0.1, 0.15) is 19.8 Å². The van der Waals surface area contributed by atoms with Gasteiger partial charge in [-0.3, -0.25) is 9.59 Å². The zero-order chi connectivity index (χ0) is 20.3. The second-order valence-electron chi connectivity index (χ2n) is 6.50. The summed E-state index contributed by atoms with van der Waals surface area (Å²) in [5.41, 5.74) is 0.945. The van der Waals surface area contributed by atoms with Crippen molar-refractivity contribution >= 4 is 56.2 Å². The van der Waals surface area contributed by atoms with E-state index in [0.29, 0.717) is 35.8 Å². The number of piperidine rings is 1. The van der Waals surface area contributed by atoms with Gasteiger partial charge >= 0.3 is 0 Å². The van der Waals surface area contributed by atoms with E-state index in [4.69, 9.17) is 11.6 Å². The summed E-state index contributed by atoms with van der Waals surface area (Å²) in [7, 11) is -3.58. The standard InChI is InChI=1S/C18H20ClN3O4S2/c1-12(23)20-14-6-7-16(15(19)10-14)21-18(24)13-4-2-8-22(11-13)28(25,26)17-5-3-9-27-17/h3,5-7,9-10,13H,2,4,8,11H2,1H3,(H,20,23)(H,21,24). The Bertz CT molecular complexity index is 977. The number of nitrogens with zero attached hydrogens (tertiary/aromatic N) is 1. The van der Waals surface area contributed by atoms with Crippen LogP contribution in [0.15, 0.2) is 39.9 Å². The summed E-state index contributed by atoms with van der Waals surface area (Å²) in [6.45, 7) is 1.92. The average molecular weight is 442 g/mol. The molecule has 28 heavy (non-hydrogen) atoms. The van der Waals surface area contributed by atoms with Crippen LogP contribution < -0.4 is 10.6 Å². The Kier molecular flexibility index (Phi) is 6.39. The Morgan fingerprint density at radius 1 is 1.25 bits per heavy atom. The molecule has 150 valence electrons. The van der Waals surface area contributed by atoms with E-state index in [9.17, 15) is 18.0 Å². The van der Waals surface area contributed by atoms with Gasteiger partial charge in [-0.1, -0.05) is 17.7 Å². The van der Waals surface area contributed by atoms with Crippen molar-refractivity contribution in [1.29, 1.82) is 0 Å². The summed E-state index contributed by atoms with van der Waals surface area (Å²) in [5, 5.41) is 7.39. The zero-order valence-corrected chi connectivity index (χ0v) is 17.5. The lowest BCUT2D eigenvalue weighted by Crippen LogP contribution is -2.43. The predicted octanol–water partition coefficient (Wildman–Crippen LogP) is 3.40. The Hall–Kier alpha value is -1.94. The minimum absolute atomic E-state index is 0.133. The molecule has 10 heteroatoms. The molecular weight excluding hydrogens is 422 g/mol. The van der Waals surface area contributed by atoms with E-state index in [2.05, 4.69) is 10.6 Å². The Morgan fingerprint density at radius 2 is 2.04 bits per heavy atom. The Balaban J connectivity index is 1.68. The van der Waals surface area contributed by atoms with Gasteiger partial charge < -0.3 is 10.6 Å². The SMILES string of the molecule is CC(=O)Nc1ccc(NC(=O)C2CCCN(S(=O)(=O)c3cccs3)C2)c(Cl)c1. The van der Waals surface area contributed by atoms with Crippen LogP contribution in [0.5, 0.6) is 0 Å². The third kappa shape index (κ3) is 4.72. The summed E-state index contributed by atoms with van der Waals surface area (Å²) in [5.74, 6) is -0.961. The number of halogens is 1. The number of thiophene rings is 1. The topological polar surface area (TPSA) is 95.6 Å². The monoisotopic (exact) mass is 441 g/mol. The van der Waals surface area contributed by atoms with E-state index < -0.39 is 15.9 Å². The van der Waals surface area contributed by atoms with Gasteiger partial charge in [-0.05, 0) is 42.5 Å². The summed E-state index contributed by atoms with van der Waals surface area (Å²) < 4.78 is 27.1. The molecular formula is C18H20ClN3O4S2. The summed E-state index contributed by atoms with van der Waals surface area (Å²) in [6, 6.07) is 8.05. The second kappa shape index (κ2) is 8.60. The van der Waals surface area contributed by atoms with Crippen molar-refractivity contribution in [3.05, 3.63) is 40.7 Å². The van der Waals surface area contributed by atoms with Crippen LogP contribution in [-0.2, 0) is 19.6 Å². The molecule has 2 N–H and O–H groups in total. The molecule has 1 saturated heterocycles. The van der Waals surface area contributed by atoms with Gasteiger partial charge in [0.1, 0.15) is 4.21 Å². The number of rotatable bonds is 5. The molecule has 1 aromatic carbocycles. The summed E-state index contributed by atoms with van der Waals surface area (Å²) >= 11 is 7.36. The van der Waals surface area contributed by atoms with Gasteiger partial charge in [-0.2, -0.15) is 4.31 Å². The Morgan fingerprint density at radius 3 is 2.68 bits per heavy atom. The fourth-order valence-corrected chi connectivity index (χ4v) is 5.94. The highest BCUT2D eigenvalue weighted by Crippen LogP contribution is 2.29. The van der Waals surface area contributed by atoms with Crippen LogP contribution in [0.2, 0.25) is 5.02 Å². The highest BCUT2D eigenvalue weighted by atomic mass is 35.5. The van der Waals surface area contributed by atoms with Crippen LogP contribution in [0.4, 0.5) is 11.4 Å². The van der Waals surface area contributed by atoms with Gasteiger partial charge in [0.2, 0.25) is 11.8 Å². The maximum atomic E-state index is 12.7. The van der Waals surface area contributed by atoms with Crippen molar-refractivity contribution < 1.29 is 18.0 Å². The van der Waals surface area contributed by atoms with Crippen molar-refractivity contribution in [3.63, 3.8) is 0 Å². The summed E-state index contributed by atoms with van der Waals surface area (Å²) in [4.78, 5) is 23.8. The van der Waals surface area contributed by atoms with Crippen LogP contribution in [-0.4, -0.2) is 37.6 Å². The molecule has 1 unspecified atom stereocenters. The van der Waals surface area contributed by atoms with Crippen molar-refractivity contribution in [2.75, 3.05) is 23.7 Å². The first-order valence-corrected chi connectivity index (χ1v) is 11.4. The van der Waals surface area contributed by atoms with E-state index in [1.807, 2.05) is 0 Å². The molecule has 0 saturated carbocycles. The first-order valence-electron chi connectivity index (χ1n) is 8.69. The molecule has 1 aliphatic heterocycles. The molecule has 1 fully saturated rings. The fraction of sp³-hybridized carbons (Fsp3) is 0.333. The molecule has 3 rings (SSSR count). The van der Waals surface area contributed by atoms with Gasteiger partial charge in [0.15, 0.2) is 0 Å². The third-order valence-corrected chi connectivity index (χ3v) is 7.94. The second-order valence-corrected chi connectivity index (χ2v) is 10.0. The minimum Gasteiger partial charge on any atom is -0.326 e. The lowest BCUT2D eigenvalue weighted by Gasteiger charge is -2.30. The van der Waals surface area contributed by atoms with E-state index in [1.54, 1.807) is 35.7 Å². The Labute approximate surface area is 172 Å². The third-order valence-electron chi connectivity index (χ3n) is 4.39. The number of nitrogens with one attached hydrogen (secondary N) is 2. The predicted molar refractivity (Wildman–Crippen MR) is 110 cm³/mol. The van der Waals surface area contributed by atoms with Crippen molar-refractivity contribution in [3.8, 4) is 0 Å². The molecule has 2 aromatic rings. The van der Waals surface area contributed by atoms with E-state index in [1.165, 1.54) is 22.6 Å². The molecule has 0 bridgehead atoms. The summed E-state index contributed by atoms with van der Waals surface area (Å²) in [6.07, 6.45) is 1.21. The van der Waals surface area contributed by atoms with Crippen LogP contribution in [0, 0.1) is 5.92 Å². The maximum absolute atomic E-state index is 12.7. The number of hydrogen-bond donors (Lipinski definition) is 2. The first-order chi connectivity index (χ1) is 13.3. The molecule has 0 spiro atoms. The molecule has 2 amide bonds. The van der Waals surface area contributed by atoms with Crippen LogP contribution in [0.3, 0.4) is 0 Å². The lowest BCUT2D eigenvalue weighted by molar-refractivity contribution is -0.121. The lowest BCUT2D eigenvalue weighted by atomic mass is 9.98.